The van der Waals surface area contributed by atoms with Crippen molar-refractivity contribution >= 4 is 0 Å². The van der Waals surface area contributed by atoms with Crippen molar-refractivity contribution in [1.82, 2.24) is 25.1 Å². The van der Waals surface area contributed by atoms with Crippen molar-refractivity contribution in [3.05, 3.63) is 58.4 Å². The van der Waals surface area contributed by atoms with Gasteiger partial charge in [-0.15, -0.1) is 0 Å². The van der Waals surface area contributed by atoms with Crippen LogP contribution in [0.1, 0.15) is 17.3 Å². The highest BCUT2D eigenvalue weighted by Crippen LogP contribution is 2.29. The molecule has 1 N–H and O–H groups in total. The molecule has 0 aromatic carbocycles. The molecule has 0 aliphatic carbocycles. The van der Waals surface area contributed by atoms with Crippen LogP contribution in [0.5, 0.6) is 0 Å². The van der Waals surface area contributed by atoms with E-state index < -0.39 is 17.6 Å². The fourth-order valence-corrected chi connectivity index (χ4v) is 1.92. The van der Waals surface area contributed by atoms with Gasteiger partial charge >= 0.3 is 12.1 Å². The first kappa shape index (κ1) is 14.9. The highest BCUT2D eigenvalue weighted by molar-refractivity contribution is 5.59. The Labute approximate surface area is 126 Å². The van der Waals surface area contributed by atoms with Crippen LogP contribution in [-0.2, 0) is 12.6 Å². The largest absolute Gasteiger partial charge is 0.471 e. The van der Waals surface area contributed by atoms with Gasteiger partial charge in [0.05, 0.1) is 0 Å². The SMILES string of the molecule is O=c1[nH]ccc(-c2noc(C(F)(F)F)n2)c1Cc1ncccn1. The molecule has 10 heteroatoms. The smallest absolute Gasteiger partial charge is 0.329 e. The molecule has 7 nitrogen and oxygen atoms in total. The lowest BCUT2D eigenvalue weighted by Gasteiger charge is -2.04. The molecule has 0 saturated carbocycles. The molecule has 0 unspecified atom stereocenters. The molecule has 0 bridgehead atoms. The van der Waals surface area contributed by atoms with Crippen LogP contribution in [0, 0.1) is 0 Å². The molecule has 0 amide bonds. The minimum Gasteiger partial charge on any atom is -0.329 e. The van der Waals surface area contributed by atoms with Crippen LogP contribution < -0.4 is 5.56 Å². The highest BCUT2D eigenvalue weighted by atomic mass is 19.4. The Kier molecular flexibility index (Phi) is 3.64. The summed E-state index contributed by atoms with van der Waals surface area (Å²) in [4.78, 5) is 25.7. The van der Waals surface area contributed by atoms with Gasteiger partial charge in [-0.1, -0.05) is 5.16 Å². The molecule has 118 valence electrons. The first-order valence-corrected chi connectivity index (χ1v) is 6.33. The molecule has 0 radical (unpaired) electrons. The highest BCUT2D eigenvalue weighted by Gasteiger charge is 2.38. The van der Waals surface area contributed by atoms with E-state index in [2.05, 4.69) is 29.6 Å². The van der Waals surface area contributed by atoms with Gasteiger partial charge in [0, 0.05) is 36.1 Å². The lowest BCUT2D eigenvalue weighted by Crippen LogP contribution is -2.15. The van der Waals surface area contributed by atoms with Crippen LogP contribution in [0.2, 0.25) is 0 Å². The zero-order chi connectivity index (χ0) is 16.4. The molecule has 0 aliphatic heterocycles. The van der Waals surface area contributed by atoms with Crippen molar-refractivity contribution in [2.45, 2.75) is 12.6 Å². The zero-order valence-corrected chi connectivity index (χ0v) is 11.3. The van der Waals surface area contributed by atoms with E-state index in [4.69, 9.17) is 0 Å². The van der Waals surface area contributed by atoms with Crippen molar-refractivity contribution in [3.63, 3.8) is 0 Å². The summed E-state index contributed by atoms with van der Waals surface area (Å²) < 4.78 is 41.9. The van der Waals surface area contributed by atoms with E-state index in [1.165, 1.54) is 24.7 Å². The number of aromatic amines is 1. The maximum absolute atomic E-state index is 12.6. The summed E-state index contributed by atoms with van der Waals surface area (Å²) in [6.45, 7) is 0. The van der Waals surface area contributed by atoms with Gasteiger partial charge < -0.3 is 9.51 Å². The van der Waals surface area contributed by atoms with Crippen LogP contribution in [0.25, 0.3) is 11.4 Å². The van der Waals surface area contributed by atoms with E-state index in [0.717, 1.165) is 0 Å². The van der Waals surface area contributed by atoms with Crippen molar-refractivity contribution < 1.29 is 17.7 Å². The number of alkyl halides is 3. The average Bonchev–Trinajstić information content (AvgIpc) is 3.00. The first-order valence-electron chi connectivity index (χ1n) is 6.33. The monoisotopic (exact) mass is 323 g/mol. The van der Waals surface area contributed by atoms with Gasteiger partial charge in [-0.05, 0) is 12.1 Å². The molecular formula is C13H8F3N5O2. The van der Waals surface area contributed by atoms with Gasteiger partial charge in [0.25, 0.3) is 5.56 Å². The van der Waals surface area contributed by atoms with Gasteiger partial charge in [-0.25, -0.2) is 9.97 Å². The molecule has 0 spiro atoms. The van der Waals surface area contributed by atoms with E-state index >= 15 is 0 Å². The summed E-state index contributed by atoms with van der Waals surface area (Å²) >= 11 is 0. The lowest BCUT2D eigenvalue weighted by atomic mass is 10.1. The third-order valence-electron chi connectivity index (χ3n) is 2.93. The van der Waals surface area contributed by atoms with Crippen molar-refractivity contribution in [2.24, 2.45) is 0 Å². The second-order valence-electron chi connectivity index (χ2n) is 4.46. The normalized spacial score (nSPS) is 11.6. The molecule has 3 aromatic heterocycles. The van der Waals surface area contributed by atoms with Gasteiger partial charge in [-0.2, -0.15) is 18.2 Å². The Morgan fingerprint density at radius 2 is 1.96 bits per heavy atom. The van der Waals surface area contributed by atoms with Gasteiger partial charge in [0.1, 0.15) is 5.82 Å². The second-order valence-corrected chi connectivity index (χ2v) is 4.46. The molecule has 0 aliphatic rings. The van der Waals surface area contributed by atoms with Crippen molar-refractivity contribution in [1.29, 1.82) is 0 Å². The zero-order valence-electron chi connectivity index (χ0n) is 11.3. The Morgan fingerprint density at radius 1 is 1.22 bits per heavy atom. The van der Waals surface area contributed by atoms with E-state index in [1.54, 1.807) is 6.07 Å². The standard InChI is InChI=1S/C13H8F3N5O2/c14-13(15,16)12-20-10(21-23-12)7-2-5-19-11(22)8(7)6-9-17-3-1-4-18-9/h1-5H,6H2,(H,19,22). The van der Waals surface area contributed by atoms with Gasteiger partial charge in [0.15, 0.2) is 0 Å². The predicted octanol–water partition coefficient (Wildman–Crippen LogP) is 1.82. The number of rotatable bonds is 3. The molecule has 0 fully saturated rings. The third kappa shape index (κ3) is 3.10. The number of hydrogen-bond acceptors (Lipinski definition) is 6. The Hall–Kier alpha value is -3.04. The molecular weight excluding hydrogens is 315 g/mol. The fourth-order valence-electron chi connectivity index (χ4n) is 1.92. The van der Waals surface area contributed by atoms with Crippen molar-refractivity contribution in [2.75, 3.05) is 0 Å². The topological polar surface area (TPSA) is 97.6 Å². The van der Waals surface area contributed by atoms with Crippen LogP contribution in [0.15, 0.2) is 40.0 Å². The molecule has 0 atom stereocenters. The van der Waals surface area contributed by atoms with Crippen LogP contribution in [0.4, 0.5) is 13.2 Å². The van der Waals surface area contributed by atoms with E-state index in [0.29, 0.717) is 5.82 Å². The summed E-state index contributed by atoms with van der Waals surface area (Å²) in [5.74, 6) is -1.46. The fraction of sp³-hybridized carbons (Fsp3) is 0.154. The number of H-pyrrole nitrogens is 1. The van der Waals surface area contributed by atoms with Gasteiger partial charge in [0.2, 0.25) is 5.82 Å². The van der Waals surface area contributed by atoms with E-state index in [-0.39, 0.29) is 23.4 Å². The first-order chi connectivity index (χ1) is 10.9. The molecule has 3 aromatic rings. The predicted molar refractivity (Wildman–Crippen MR) is 70.2 cm³/mol. The van der Waals surface area contributed by atoms with E-state index in [9.17, 15) is 18.0 Å². The van der Waals surface area contributed by atoms with Crippen LogP contribution in [0.3, 0.4) is 0 Å². The summed E-state index contributed by atoms with van der Waals surface area (Å²) in [6.07, 6.45) is -0.460. The number of nitrogens with one attached hydrogen (secondary N) is 1. The number of pyridine rings is 1. The van der Waals surface area contributed by atoms with Gasteiger partial charge in [-0.3, -0.25) is 4.79 Å². The van der Waals surface area contributed by atoms with Crippen LogP contribution >= 0.6 is 0 Å². The summed E-state index contributed by atoms with van der Waals surface area (Å²) in [7, 11) is 0. The maximum Gasteiger partial charge on any atom is 0.471 e. The number of aromatic nitrogens is 5. The third-order valence-corrected chi connectivity index (χ3v) is 2.93. The Morgan fingerprint density at radius 3 is 2.61 bits per heavy atom. The second kappa shape index (κ2) is 5.63. The summed E-state index contributed by atoms with van der Waals surface area (Å²) in [5, 5.41) is 3.30. The van der Waals surface area contributed by atoms with Crippen LogP contribution in [-0.4, -0.2) is 25.1 Å². The number of halogens is 3. The molecule has 23 heavy (non-hydrogen) atoms. The summed E-state index contributed by atoms with van der Waals surface area (Å²) in [6, 6.07) is 3.00. The van der Waals surface area contributed by atoms with Crippen molar-refractivity contribution in [3.8, 4) is 11.4 Å². The maximum atomic E-state index is 12.6. The number of hydrogen-bond donors (Lipinski definition) is 1. The average molecular weight is 323 g/mol. The minimum absolute atomic E-state index is 0.0161. The quantitative estimate of drug-likeness (QED) is 0.789. The minimum atomic E-state index is -4.75. The number of nitrogens with zero attached hydrogens (tertiary/aromatic N) is 4. The molecule has 3 heterocycles. The molecule has 3 rings (SSSR count). The lowest BCUT2D eigenvalue weighted by molar-refractivity contribution is -0.159. The Balaban J connectivity index is 2.05. The summed E-state index contributed by atoms with van der Waals surface area (Å²) in [5.41, 5.74) is -0.220. The molecule has 0 saturated heterocycles. The Bertz CT molecular complexity index is 873. The van der Waals surface area contributed by atoms with E-state index in [1.807, 2.05) is 0 Å².